The Balaban J connectivity index is 1.55. The van der Waals surface area contributed by atoms with Gasteiger partial charge in [0, 0.05) is 5.69 Å². The van der Waals surface area contributed by atoms with Gasteiger partial charge in [-0.2, -0.15) is 0 Å². The summed E-state index contributed by atoms with van der Waals surface area (Å²) >= 11 is 1.00. The molecule has 2 amide bonds. The third-order valence-electron chi connectivity index (χ3n) is 4.80. The predicted octanol–water partition coefficient (Wildman–Crippen LogP) is 5.09. The van der Waals surface area contributed by atoms with Gasteiger partial charge in [0.1, 0.15) is 23.1 Å². The minimum absolute atomic E-state index is 0.0248. The van der Waals surface area contributed by atoms with Crippen molar-refractivity contribution in [3.8, 4) is 5.75 Å². The zero-order valence-corrected chi connectivity index (χ0v) is 18.8. The minimum Gasteiger partial charge on any atom is -0.497 e. The van der Waals surface area contributed by atoms with Crippen LogP contribution in [-0.4, -0.2) is 29.8 Å². The third kappa shape index (κ3) is 5.32. The molecule has 1 N–H and O–H groups in total. The third-order valence-corrected chi connectivity index (χ3v) is 5.74. The molecule has 9 heteroatoms. The lowest BCUT2D eigenvalue weighted by Gasteiger charge is -2.18. The highest BCUT2D eigenvalue weighted by molar-refractivity contribution is 8.14. The summed E-state index contributed by atoms with van der Waals surface area (Å²) in [5.41, 5.74) is 1.22. The maximum atomic E-state index is 14.5. The molecule has 0 saturated carbocycles. The maximum absolute atomic E-state index is 14.5. The van der Waals surface area contributed by atoms with Gasteiger partial charge in [-0.25, -0.2) is 13.8 Å². The molecule has 0 atom stereocenters. The molecule has 0 bridgehead atoms. The summed E-state index contributed by atoms with van der Waals surface area (Å²) in [7, 11) is 1.55. The van der Waals surface area contributed by atoms with Crippen molar-refractivity contribution in [1.29, 1.82) is 0 Å². The van der Waals surface area contributed by atoms with Crippen LogP contribution in [0.5, 0.6) is 5.75 Å². The van der Waals surface area contributed by atoms with Gasteiger partial charge in [-0.05, 0) is 60.2 Å². The smallest absolute Gasteiger partial charge is 0.283 e. The number of aliphatic imine (C=N–C) groups is 1. The number of nitrogens with zero attached hydrogens (tertiary/aromatic N) is 2. The Bertz CT molecular complexity index is 1280. The average molecular weight is 480 g/mol. The summed E-state index contributed by atoms with van der Waals surface area (Å²) in [6.07, 6.45) is 1.49. The predicted molar refractivity (Wildman–Crippen MR) is 130 cm³/mol. The lowest BCUT2D eigenvalue weighted by molar-refractivity contribution is -0.114. The van der Waals surface area contributed by atoms with E-state index < -0.39 is 17.5 Å². The number of thioether (sulfide) groups is 1. The number of hydrogen-bond acceptors (Lipinski definition) is 5. The van der Waals surface area contributed by atoms with Crippen LogP contribution in [0.2, 0.25) is 0 Å². The second-order valence-corrected chi connectivity index (χ2v) is 8.08. The van der Waals surface area contributed by atoms with E-state index in [0.29, 0.717) is 17.0 Å². The number of halogens is 2. The highest BCUT2D eigenvalue weighted by atomic mass is 32.2. The van der Waals surface area contributed by atoms with E-state index in [1.165, 1.54) is 48.5 Å². The summed E-state index contributed by atoms with van der Waals surface area (Å²) in [4.78, 5) is 31.1. The minimum atomic E-state index is -0.602. The molecule has 0 spiro atoms. The Labute approximate surface area is 199 Å². The first-order valence-corrected chi connectivity index (χ1v) is 11.1. The number of methoxy groups -OCH3 is 1. The topological polar surface area (TPSA) is 71.0 Å². The SMILES string of the molecule is COc1ccc(NC(=O)CSC2=NC(=Cc3ccc(F)cc3)C(=O)N2c2ccccc2F)cc1. The first-order chi connectivity index (χ1) is 16.4. The fraction of sp³-hybridized carbons (Fsp3) is 0.0800. The number of carbonyl (C=O) groups is 2. The Kier molecular flexibility index (Phi) is 7.03. The van der Waals surface area contributed by atoms with E-state index >= 15 is 0 Å². The summed E-state index contributed by atoms with van der Waals surface area (Å²) in [6, 6.07) is 18.2. The van der Waals surface area contributed by atoms with Crippen molar-refractivity contribution in [2.24, 2.45) is 4.99 Å². The molecule has 0 unspecified atom stereocenters. The second-order valence-electron chi connectivity index (χ2n) is 7.13. The zero-order chi connectivity index (χ0) is 24.1. The van der Waals surface area contributed by atoms with E-state index in [9.17, 15) is 18.4 Å². The molecule has 34 heavy (non-hydrogen) atoms. The molecule has 3 aromatic rings. The molecule has 3 aromatic carbocycles. The van der Waals surface area contributed by atoms with Crippen molar-refractivity contribution in [3.05, 3.63) is 95.7 Å². The number of carbonyl (C=O) groups excluding carboxylic acids is 2. The van der Waals surface area contributed by atoms with Crippen molar-refractivity contribution in [2.45, 2.75) is 0 Å². The van der Waals surface area contributed by atoms with Crippen molar-refractivity contribution < 1.29 is 23.1 Å². The number of amides is 2. The van der Waals surface area contributed by atoms with Gasteiger partial charge in [0.2, 0.25) is 5.91 Å². The van der Waals surface area contributed by atoms with Crippen molar-refractivity contribution in [2.75, 3.05) is 23.1 Å². The normalized spacial score (nSPS) is 14.3. The highest BCUT2D eigenvalue weighted by Gasteiger charge is 2.33. The molecule has 172 valence electrons. The number of ether oxygens (including phenoxy) is 1. The quantitative estimate of drug-likeness (QED) is 0.500. The molecular weight excluding hydrogens is 460 g/mol. The maximum Gasteiger partial charge on any atom is 0.283 e. The molecule has 1 aliphatic rings. The van der Waals surface area contributed by atoms with Crippen LogP contribution in [0, 0.1) is 11.6 Å². The molecule has 0 radical (unpaired) electrons. The molecule has 0 aliphatic carbocycles. The summed E-state index contributed by atoms with van der Waals surface area (Å²) < 4.78 is 32.8. The Morgan fingerprint density at radius 2 is 1.76 bits per heavy atom. The number of hydrogen-bond donors (Lipinski definition) is 1. The lowest BCUT2D eigenvalue weighted by Crippen LogP contribution is -2.32. The van der Waals surface area contributed by atoms with E-state index in [4.69, 9.17) is 4.74 Å². The van der Waals surface area contributed by atoms with E-state index in [1.807, 2.05) is 0 Å². The molecule has 6 nitrogen and oxygen atoms in total. The Morgan fingerprint density at radius 3 is 2.44 bits per heavy atom. The number of benzene rings is 3. The fourth-order valence-corrected chi connectivity index (χ4v) is 3.96. The Hall–Kier alpha value is -3.98. The summed E-state index contributed by atoms with van der Waals surface area (Å²) in [5.74, 6) is -1.28. The molecule has 0 saturated heterocycles. The fourth-order valence-electron chi connectivity index (χ4n) is 3.16. The molecule has 1 heterocycles. The van der Waals surface area contributed by atoms with Crippen molar-refractivity contribution in [1.82, 2.24) is 0 Å². The van der Waals surface area contributed by atoms with Gasteiger partial charge >= 0.3 is 0 Å². The van der Waals surface area contributed by atoms with Crippen LogP contribution in [0.4, 0.5) is 20.2 Å². The van der Waals surface area contributed by atoms with Crippen LogP contribution in [0.25, 0.3) is 6.08 Å². The van der Waals surface area contributed by atoms with Gasteiger partial charge < -0.3 is 10.1 Å². The lowest BCUT2D eigenvalue weighted by atomic mass is 10.2. The molecule has 0 aromatic heterocycles. The van der Waals surface area contributed by atoms with Crippen molar-refractivity contribution >= 4 is 46.2 Å². The van der Waals surface area contributed by atoms with E-state index in [0.717, 1.165) is 16.7 Å². The highest BCUT2D eigenvalue weighted by Crippen LogP contribution is 2.31. The van der Waals surface area contributed by atoms with Crippen LogP contribution < -0.4 is 15.0 Å². The van der Waals surface area contributed by atoms with E-state index in [2.05, 4.69) is 10.3 Å². The van der Waals surface area contributed by atoms with E-state index in [1.54, 1.807) is 37.4 Å². The first-order valence-electron chi connectivity index (χ1n) is 10.2. The number of amidine groups is 1. The summed E-state index contributed by atoms with van der Waals surface area (Å²) in [6.45, 7) is 0. The number of anilines is 2. The van der Waals surface area contributed by atoms with Gasteiger partial charge in [0.25, 0.3) is 5.91 Å². The van der Waals surface area contributed by atoms with Gasteiger partial charge in [-0.1, -0.05) is 36.0 Å². The summed E-state index contributed by atoms with van der Waals surface area (Å²) in [5, 5.41) is 2.91. The second kappa shape index (κ2) is 10.3. The van der Waals surface area contributed by atoms with Gasteiger partial charge in [-0.3, -0.25) is 14.5 Å². The van der Waals surface area contributed by atoms with Crippen LogP contribution in [0.1, 0.15) is 5.56 Å². The van der Waals surface area contributed by atoms with Gasteiger partial charge in [-0.15, -0.1) is 0 Å². The Morgan fingerprint density at radius 1 is 1.06 bits per heavy atom. The standard InChI is InChI=1S/C25H19F2N3O3S/c1-33-19-12-10-18(11-13-19)28-23(31)15-34-25-29-21(14-16-6-8-17(26)9-7-16)24(32)30(25)22-5-3-2-4-20(22)27/h2-14H,15H2,1H3,(H,28,31). The van der Waals surface area contributed by atoms with Crippen molar-refractivity contribution in [3.63, 3.8) is 0 Å². The first kappa shape index (κ1) is 23.2. The van der Waals surface area contributed by atoms with Gasteiger partial charge in [0.05, 0.1) is 18.6 Å². The molecule has 1 aliphatic heterocycles. The van der Waals surface area contributed by atoms with Crippen LogP contribution in [0.15, 0.2) is 83.5 Å². The van der Waals surface area contributed by atoms with Gasteiger partial charge in [0.15, 0.2) is 5.17 Å². The monoisotopic (exact) mass is 479 g/mol. The molecule has 4 rings (SSSR count). The largest absolute Gasteiger partial charge is 0.497 e. The number of para-hydroxylation sites is 1. The number of nitrogens with one attached hydrogen (secondary N) is 1. The zero-order valence-electron chi connectivity index (χ0n) is 18.0. The average Bonchev–Trinajstić information content (AvgIpc) is 3.14. The van der Waals surface area contributed by atoms with Crippen LogP contribution >= 0.6 is 11.8 Å². The van der Waals surface area contributed by atoms with Crippen LogP contribution in [-0.2, 0) is 9.59 Å². The van der Waals surface area contributed by atoms with Crippen LogP contribution in [0.3, 0.4) is 0 Å². The molecular formula is C25H19F2N3O3S. The molecule has 0 fully saturated rings. The number of rotatable bonds is 6. The van der Waals surface area contributed by atoms with E-state index in [-0.39, 0.29) is 28.2 Å².